The van der Waals surface area contributed by atoms with E-state index in [0.29, 0.717) is 0 Å². The van der Waals surface area contributed by atoms with E-state index in [0.717, 1.165) is 17.8 Å². The molecule has 0 bridgehead atoms. The molecule has 0 aliphatic heterocycles. The molecule has 0 aromatic carbocycles. The lowest BCUT2D eigenvalue weighted by molar-refractivity contribution is 0.767. The molecule has 0 saturated carbocycles. The van der Waals surface area contributed by atoms with Gasteiger partial charge in [-0.3, -0.25) is 9.36 Å². The standard InChI is InChI=1S/C9H13N5/c1-13-6-8(4-11-13)3-10-9-5-12-14(2)7-9/h4-7,10H,3H2,1-2H3. The van der Waals surface area contributed by atoms with Gasteiger partial charge in [-0.2, -0.15) is 10.2 Å². The smallest absolute Gasteiger partial charge is 0.0729 e. The van der Waals surface area contributed by atoms with Gasteiger partial charge in [-0.25, -0.2) is 0 Å². The molecule has 2 rings (SSSR count). The summed E-state index contributed by atoms with van der Waals surface area (Å²) in [7, 11) is 3.81. The van der Waals surface area contributed by atoms with Crippen LogP contribution in [-0.2, 0) is 20.6 Å². The Morgan fingerprint density at radius 3 is 2.43 bits per heavy atom. The lowest BCUT2D eigenvalue weighted by Gasteiger charge is -1.99. The predicted molar refractivity (Wildman–Crippen MR) is 53.7 cm³/mol. The summed E-state index contributed by atoms with van der Waals surface area (Å²) in [4.78, 5) is 0. The third kappa shape index (κ3) is 1.93. The van der Waals surface area contributed by atoms with Crippen LogP contribution in [0.25, 0.3) is 0 Å². The average molecular weight is 191 g/mol. The predicted octanol–water partition coefficient (Wildman–Crippen LogP) is 0.766. The van der Waals surface area contributed by atoms with E-state index in [-0.39, 0.29) is 0 Å². The first-order valence-corrected chi connectivity index (χ1v) is 4.44. The molecule has 74 valence electrons. The molecule has 1 N–H and O–H groups in total. The van der Waals surface area contributed by atoms with E-state index in [1.807, 2.05) is 32.7 Å². The van der Waals surface area contributed by atoms with Gasteiger partial charge in [-0.15, -0.1) is 0 Å². The fourth-order valence-electron chi connectivity index (χ4n) is 1.28. The maximum absolute atomic E-state index is 4.09. The summed E-state index contributed by atoms with van der Waals surface area (Å²) in [6, 6.07) is 0. The maximum Gasteiger partial charge on any atom is 0.0729 e. The van der Waals surface area contributed by atoms with Crippen LogP contribution >= 0.6 is 0 Å². The number of nitrogens with one attached hydrogen (secondary N) is 1. The highest BCUT2D eigenvalue weighted by Crippen LogP contribution is 2.06. The maximum atomic E-state index is 4.09. The number of rotatable bonds is 3. The SMILES string of the molecule is Cn1cc(CNc2cnn(C)c2)cn1. The van der Waals surface area contributed by atoms with Crippen molar-refractivity contribution in [3.8, 4) is 0 Å². The fraction of sp³-hybridized carbons (Fsp3) is 0.333. The van der Waals surface area contributed by atoms with E-state index in [2.05, 4.69) is 15.5 Å². The van der Waals surface area contributed by atoms with Gasteiger partial charge in [0.2, 0.25) is 0 Å². The van der Waals surface area contributed by atoms with Crippen molar-refractivity contribution in [1.82, 2.24) is 19.6 Å². The van der Waals surface area contributed by atoms with E-state index in [4.69, 9.17) is 0 Å². The van der Waals surface area contributed by atoms with Crippen molar-refractivity contribution in [2.75, 3.05) is 5.32 Å². The second kappa shape index (κ2) is 3.53. The van der Waals surface area contributed by atoms with Gasteiger partial charge in [0, 0.05) is 38.6 Å². The van der Waals surface area contributed by atoms with Crippen molar-refractivity contribution in [3.05, 3.63) is 30.4 Å². The summed E-state index contributed by atoms with van der Waals surface area (Å²) in [5.41, 5.74) is 2.19. The summed E-state index contributed by atoms with van der Waals surface area (Å²) >= 11 is 0. The van der Waals surface area contributed by atoms with E-state index in [1.54, 1.807) is 15.6 Å². The highest BCUT2D eigenvalue weighted by molar-refractivity contribution is 5.38. The zero-order valence-electron chi connectivity index (χ0n) is 8.31. The zero-order valence-corrected chi connectivity index (χ0v) is 8.31. The van der Waals surface area contributed by atoms with Gasteiger partial charge < -0.3 is 5.32 Å². The minimum absolute atomic E-state index is 0.777. The van der Waals surface area contributed by atoms with Crippen molar-refractivity contribution in [3.63, 3.8) is 0 Å². The first-order chi connectivity index (χ1) is 6.74. The first-order valence-electron chi connectivity index (χ1n) is 4.44. The largest absolute Gasteiger partial charge is 0.378 e. The molecule has 0 atom stereocenters. The lowest BCUT2D eigenvalue weighted by Crippen LogP contribution is -1.97. The third-order valence-corrected chi connectivity index (χ3v) is 1.96. The molecule has 0 radical (unpaired) electrons. The van der Waals surface area contributed by atoms with Crippen LogP contribution in [-0.4, -0.2) is 19.6 Å². The minimum atomic E-state index is 0.777. The number of aromatic nitrogens is 4. The molecule has 0 aliphatic carbocycles. The lowest BCUT2D eigenvalue weighted by atomic mass is 10.3. The summed E-state index contributed by atoms with van der Waals surface area (Å²) < 4.78 is 3.56. The van der Waals surface area contributed by atoms with Crippen LogP contribution in [0.1, 0.15) is 5.56 Å². The molecular weight excluding hydrogens is 178 g/mol. The van der Waals surface area contributed by atoms with Crippen LogP contribution in [0.5, 0.6) is 0 Å². The van der Waals surface area contributed by atoms with E-state index in [9.17, 15) is 0 Å². The zero-order chi connectivity index (χ0) is 9.97. The Balaban J connectivity index is 1.94. The van der Waals surface area contributed by atoms with Crippen LogP contribution in [0, 0.1) is 0 Å². The van der Waals surface area contributed by atoms with Gasteiger partial charge in [-0.05, 0) is 0 Å². The summed E-state index contributed by atoms with van der Waals surface area (Å²) in [6.45, 7) is 0.777. The summed E-state index contributed by atoms with van der Waals surface area (Å²) in [6.07, 6.45) is 7.58. The Morgan fingerprint density at radius 1 is 1.14 bits per heavy atom. The van der Waals surface area contributed by atoms with E-state index >= 15 is 0 Å². The number of hydrogen-bond donors (Lipinski definition) is 1. The molecule has 2 aromatic heterocycles. The molecule has 5 heteroatoms. The molecule has 2 heterocycles. The molecular formula is C9H13N5. The molecule has 0 unspecified atom stereocenters. The van der Waals surface area contributed by atoms with Gasteiger partial charge in [0.05, 0.1) is 18.1 Å². The van der Waals surface area contributed by atoms with Crippen molar-refractivity contribution >= 4 is 5.69 Å². The second-order valence-corrected chi connectivity index (χ2v) is 3.28. The van der Waals surface area contributed by atoms with Crippen molar-refractivity contribution < 1.29 is 0 Å². The Labute approximate surface area is 82.3 Å². The Bertz CT molecular complexity index is 374. The monoisotopic (exact) mass is 191 g/mol. The Morgan fingerprint density at radius 2 is 1.86 bits per heavy atom. The van der Waals surface area contributed by atoms with Crippen LogP contribution < -0.4 is 5.32 Å². The van der Waals surface area contributed by atoms with E-state index in [1.165, 1.54) is 0 Å². The topological polar surface area (TPSA) is 47.7 Å². The van der Waals surface area contributed by atoms with Gasteiger partial charge in [0.1, 0.15) is 0 Å². The van der Waals surface area contributed by atoms with Crippen LogP contribution in [0.3, 0.4) is 0 Å². The molecule has 0 saturated heterocycles. The molecule has 0 fully saturated rings. The number of hydrogen-bond acceptors (Lipinski definition) is 3. The first kappa shape index (κ1) is 8.80. The summed E-state index contributed by atoms with van der Waals surface area (Å²) in [5.74, 6) is 0. The van der Waals surface area contributed by atoms with Crippen LogP contribution in [0.2, 0.25) is 0 Å². The highest BCUT2D eigenvalue weighted by Gasteiger charge is 1.97. The van der Waals surface area contributed by atoms with Crippen LogP contribution in [0.4, 0.5) is 5.69 Å². The number of nitrogens with zero attached hydrogens (tertiary/aromatic N) is 4. The normalized spacial score (nSPS) is 10.4. The second-order valence-electron chi connectivity index (χ2n) is 3.28. The van der Waals surface area contributed by atoms with E-state index < -0.39 is 0 Å². The average Bonchev–Trinajstić information content (AvgIpc) is 2.72. The summed E-state index contributed by atoms with van der Waals surface area (Å²) in [5, 5.41) is 11.4. The minimum Gasteiger partial charge on any atom is -0.378 e. The molecule has 0 aliphatic rings. The molecule has 14 heavy (non-hydrogen) atoms. The molecule has 5 nitrogen and oxygen atoms in total. The van der Waals surface area contributed by atoms with Gasteiger partial charge in [0.25, 0.3) is 0 Å². The number of aryl methyl sites for hydroxylation is 2. The Hall–Kier alpha value is -1.78. The third-order valence-electron chi connectivity index (χ3n) is 1.96. The van der Waals surface area contributed by atoms with Gasteiger partial charge in [-0.1, -0.05) is 0 Å². The van der Waals surface area contributed by atoms with Crippen LogP contribution in [0.15, 0.2) is 24.8 Å². The highest BCUT2D eigenvalue weighted by atomic mass is 15.3. The fourth-order valence-corrected chi connectivity index (χ4v) is 1.28. The molecule has 0 amide bonds. The molecule has 0 spiro atoms. The van der Waals surface area contributed by atoms with Crippen molar-refractivity contribution in [2.24, 2.45) is 14.1 Å². The van der Waals surface area contributed by atoms with Gasteiger partial charge in [0.15, 0.2) is 0 Å². The molecule has 2 aromatic rings. The van der Waals surface area contributed by atoms with Gasteiger partial charge >= 0.3 is 0 Å². The van der Waals surface area contributed by atoms with Crippen molar-refractivity contribution in [1.29, 1.82) is 0 Å². The quantitative estimate of drug-likeness (QED) is 0.779. The number of anilines is 1. The Kier molecular flexibility index (Phi) is 2.22. The van der Waals surface area contributed by atoms with Crippen molar-refractivity contribution in [2.45, 2.75) is 6.54 Å².